The van der Waals surface area contributed by atoms with E-state index in [9.17, 15) is 20.4 Å². The van der Waals surface area contributed by atoms with Gasteiger partial charge in [-0.3, -0.25) is 0 Å². The van der Waals surface area contributed by atoms with E-state index < -0.39 is 23.9 Å². The largest absolute Gasteiger partial charge is 0.393 e. The third-order valence-electron chi connectivity index (χ3n) is 9.72. The summed E-state index contributed by atoms with van der Waals surface area (Å²) in [5, 5.41) is 41.6. The molecule has 0 amide bonds. The van der Waals surface area contributed by atoms with Crippen molar-refractivity contribution in [3.05, 3.63) is 35.5 Å². The molecule has 0 spiro atoms. The summed E-state index contributed by atoms with van der Waals surface area (Å²) in [6, 6.07) is 0. The minimum absolute atomic E-state index is 0.106. The monoisotopic (exact) mass is 484 g/mol. The molecular formula is C31H48O4. The molecule has 3 rings (SSSR count). The highest BCUT2D eigenvalue weighted by Gasteiger charge is 2.51. The Labute approximate surface area is 213 Å². The van der Waals surface area contributed by atoms with Gasteiger partial charge in [0.25, 0.3) is 0 Å². The molecule has 0 heterocycles. The summed E-state index contributed by atoms with van der Waals surface area (Å²) >= 11 is 0. The number of allylic oxidation sites excluding steroid dienone is 3. The molecule has 4 N–H and O–H groups in total. The van der Waals surface area contributed by atoms with Gasteiger partial charge in [-0.1, -0.05) is 57.9 Å². The molecule has 3 saturated carbocycles. The van der Waals surface area contributed by atoms with E-state index in [1.165, 1.54) is 12.0 Å². The third-order valence-corrected chi connectivity index (χ3v) is 9.72. The average molecular weight is 485 g/mol. The average Bonchev–Trinajstić information content (AvgIpc) is 3.19. The molecular weight excluding hydrogens is 436 g/mol. The van der Waals surface area contributed by atoms with Crippen molar-refractivity contribution in [2.45, 2.75) is 122 Å². The summed E-state index contributed by atoms with van der Waals surface area (Å²) in [5.74, 6) is 7.27. The molecule has 4 heteroatoms. The maximum atomic E-state index is 10.9. The number of aliphatic hydroxyl groups is 4. The van der Waals surface area contributed by atoms with Gasteiger partial charge in [0.05, 0.1) is 17.8 Å². The van der Waals surface area contributed by atoms with Crippen LogP contribution in [-0.4, -0.2) is 44.3 Å². The van der Waals surface area contributed by atoms with Crippen LogP contribution in [0.1, 0.15) is 98.3 Å². The zero-order valence-electron chi connectivity index (χ0n) is 22.4. The van der Waals surface area contributed by atoms with Gasteiger partial charge in [-0.05, 0) is 92.1 Å². The van der Waals surface area contributed by atoms with Crippen molar-refractivity contribution in [3.8, 4) is 11.8 Å². The maximum Gasteiger partial charge on any atom is 0.117 e. The van der Waals surface area contributed by atoms with E-state index in [1.807, 2.05) is 13.8 Å². The van der Waals surface area contributed by atoms with E-state index in [4.69, 9.17) is 0 Å². The molecule has 0 radical (unpaired) electrons. The molecule has 0 aromatic carbocycles. The molecule has 0 unspecified atom stereocenters. The van der Waals surface area contributed by atoms with Crippen molar-refractivity contribution < 1.29 is 20.4 Å². The number of hydrogen-bond acceptors (Lipinski definition) is 4. The van der Waals surface area contributed by atoms with E-state index in [0.29, 0.717) is 37.5 Å². The second kappa shape index (κ2) is 11.8. The minimum atomic E-state index is -0.655. The van der Waals surface area contributed by atoms with Crippen molar-refractivity contribution in [2.24, 2.45) is 23.2 Å². The van der Waals surface area contributed by atoms with Crippen LogP contribution in [0.25, 0.3) is 0 Å². The van der Waals surface area contributed by atoms with Crippen LogP contribution in [0.3, 0.4) is 0 Å². The Morgan fingerprint density at radius 3 is 2.60 bits per heavy atom. The fourth-order valence-electron chi connectivity index (χ4n) is 7.04. The Morgan fingerprint density at radius 2 is 1.91 bits per heavy atom. The summed E-state index contributed by atoms with van der Waals surface area (Å²) < 4.78 is 0. The topological polar surface area (TPSA) is 80.9 Å². The first-order valence-electron chi connectivity index (χ1n) is 13.9. The number of aliphatic hydroxyl groups excluding tert-OH is 3. The van der Waals surface area contributed by atoms with E-state index in [1.54, 1.807) is 0 Å². The normalized spacial score (nSPS) is 35.5. The van der Waals surface area contributed by atoms with E-state index in [-0.39, 0.29) is 11.3 Å². The quantitative estimate of drug-likeness (QED) is 0.362. The van der Waals surface area contributed by atoms with Gasteiger partial charge in [-0.2, -0.15) is 0 Å². The molecule has 0 aliphatic heterocycles. The van der Waals surface area contributed by atoms with Crippen molar-refractivity contribution in [1.29, 1.82) is 0 Å². The fraction of sp³-hybridized carbons (Fsp3) is 0.742. The van der Waals surface area contributed by atoms with Gasteiger partial charge in [-0.15, -0.1) is 5.92 Å². The van der Waals surface area contributed by atoms with E-state index >= 15 is 0 Å². The van der Waals surface area contributed by atoms with Crippen molar-refractivity contribution in [1.82, 2.24) is 0 Å². The molecule has 3 aliphatic carbocycles. The standard InChI is InChI=1S/C31H48O4/c1-6-31(35,7-2)18-9-8-12-28(33)22(4)26-15-16-27-23(11-10-17-30(26,27)5)13-14-24-19-25(32)20-29(34)21(24)3/h13-14,22,25-29,32-35H,3,6-7,9-11,15-20H2,1-2,4-5H3/b23-13+,24-14+/t22-,25+,26+,27-,28+,29-,30+/m0/s1. The van der Waals surface area contributed by atoms with Gasteiger partial charge in [0.1, 0.15) is 6.10 Å². The molecule has 0 saturated heterocycles. The molecule has 3 aliphatic rings. The minimum Gasteiger partial charge on any atom is -0.393 e. The predicted octanol–water partition coefficient (Wildman–Crippen LogP) is 5.46. The Morgan fingerprint density at radius 1 is 1.20 bits per heavy atom. The Kier molecular flexibility index (Phi) is 9.49. The fourth-order valence-corrected chi connectivity index (χ4v) is 7.04. The maximum absolute atomic E-state index is 10.9. The summed E-state index contributed by atoms with van der Waals surface area (Å²) in [6.45, 7) is 12.6. The molecule has 196 valence electrons. The van der Waals surface area contributed by atoms with Gasteiger partial charge in [0.2, 0.25) is 0 Å². The molecule has 0 aromatic heterocycles. The zero-order chi connectivity index (χ0) is 25.8. The lowest BCUT2D eigenvalue weighted by Crippen LogP contribution is -2.39. The summed E-state index contributed by atoms with van der Waals surface area (Å²) in [6.07, 6.45) is 11.8. The zero-order valence-corrected chi connectivity index (χ0v) is 22.4. The lowest BCUT2D eigenvalue weighted by atomic mass is 9.60. The van der Waals surface area contributed by atoms with E-state index in [2.05, 4.69) is 44.4 Å². The van der Waals surface area contributed by atoms with Crippen LogP contribution < -0.4 is 0 Å². The lowest BCUT2D eigenvalue weighted by molar-refractivity contribution is 0.0250. The van der Waals surface area contributed by atoms with Gasteiger partial charge in [0, 0.05) is 12.8 Å². The van der Waals surface area contributed by atoms with Crippen molar-refractivity contribution >= 4 is 0 Å². The van der Waals surface area contributed by atoms with Crippen LogP contribution in [0.5, 0.6) is 0 Å². The number of rotatable bonds is 7. The second-order valence-electron chi connectivity index (χ2n) is 11.7. The Hall–Kier alpha value is -1.38. The van der Waals surface area contributed by atoms with Crippen LogP contribution in [0.4, 0.5) is 0 Å². The van der Waals surface area contributed by atoms with Gasteiger partial charge in [0.15, 0.2) is 0 Å². The molecule has 0 aromatic rings. The first-order chi connectivity index (χ1) is 16.5. The SMILES string of the molecule is C=C1/C(=C/C=C2\CCC[C@]3(C)[C@@H]([C@H](C)[C@H](O)C#CCCC(O)(CC)CC)CC[C@@H]23)C[C@@H](O)C[C@@H]1O. The lowest BCUT2D eigenvalue weighted by Gasteiger charge is -2.44. The smallest absolute Gasteiger partial charge is 0.117 e. The molecule has 0 bridgehead atoms. The molecule has 3 fully saturated rings. The second-order valence-corrected chi connectivity index (χ2v) is 11.7. The highest BCUT2D eigenvalue weighted by Crippen LogP contribution is 2.59. The summed E-state index contributed by atoms with van der Waals surface area (Å²) in [7, 11) is 0. The van der Waals surface area contributed by atoms with Crippen LogP contribution in [0.2, 0.25) is 0 Å². The van der Waals surface area contributed by atoms with E-state index in [0.717, 1.165) is 49.7 Å². The van der Waals surface area contributed by atoms with Gasteiger partial charge in [-0.25, -0.2) is 0 Å². The summed E-state index contributed by atoms with van der Waals surface area (Å²) in [5.41, 5.74) is 2.67. The molecule has 7 atom stereocenters. The Bertz CT molecular complexity index is 870. The first-order valence-corrected chi connectivity index (χ1v) is 13.9. The first kappa shape index (κ1) is 28.2. The number of fused-ring (bicyclic) bond motifs is 1. The van der Waals surface area contributed by atoms with Gasteiger partial charge >= 0.3 is 0 Å². The van der Waals surface area contributed by atoms with Crippen LogP contribution in [0.15, 0.2) is 35.5 Å². The summed E-state index contributed by atoms with van der Waals surface area (Å²) in [4.78, 5) is 0. The van der Waals surface area contributed by atoms with Crippen molar-refractivity contribution in [2.75, 3.05) is 0 Å². The van der Waals surface area contributed by atoms with Crippen LogP contribution in [0, 0.1) is 35.0 Å². The predicted molar refractivity (Wildman–Crippen MR) is 142 cm³/mol. The highest BCUT2D eigenvalue weighted by atomic mass is 16.3. The van der Waals surface area contributed by atoms with Crippen LogP contribution >= 0.6 is 0 Å². The highest BCUT2D eigenvalue weighted by molar-refractivity contribution is 5.38. The van der Waals surface area contributed by atoms with Gasteiger partial charge < -0.3 is 20.4 Å². The Balaban J connectivity index is 1.68. The van der Waals surface area contributed by atoms with Crippen molar-refractivity contribution in [3.63, 3.8) is 0 Å². The third kappa shape index (κ3) is 6.31. The molecule has 4 nitrogen and oxygen atoms in total. The molecule has 35 heavy (non-hydrogen) atoms. The number of hydrogen-bond donors (Lipinski definition) is 4. The van der Waals surface area contributed by atoms with Crippen LogP contribution in [-0.2, 0) is 0 Å².